The molecule has 21 heavy (non-hydrogen) atoms. The Morgan fingerprint density at radius 2 is 1.81 bits per heavy atom. The van der Waals surface area contributed by atoms with Gasteiger partial charge >= 0.3 is 0 Å². The molecule has 0 amide bonds. The maximum atomic E-state index is 13.4. The van der Waals surface area contributed by atoms with Crippen molar-refractivity contribution >= 4 is 15.9 Å². The van der Waals surface area contributed by atoms with Gasteiger partial charge in [0.25, 0.3) is 0 Å². The number of methoxy groups -OCH3 is 1. The number of halogens is 3. The van der Waals surface area contributed by atoms with Crippen LogP contribution in [0.25, 0.3) is 0 Å². The summed E-state index contributed by atoms with van der Waals surface area (Å²) < 4.78 is 33.0. The fourth-order valence-electron chi connectivity index (χ4n) is 2.29. The summed E-state index contributed by atoms with van der Waals surface area (Å²) in [6, 6.07) is 9.04. The third-order valence-electron chi connectivity index (χ3n) is 3.30. The molecule has 112 valence electrons. The summed E-state index contributed by atoms with van der Waals surface area (Å²) in [4.78, 5) is 0. The first-order chi connectivity index (χ1) is 10.0. The number of hydrogen-bond acceptors (Lipinski definition) is 2. The summed E-state index contributed by atoms with van der Waals surface area (Å²) in [5, 5.41) is 3.09. The topological polar surface area (TPSA) is 21.3 Å². The van der Waals surface area contributed by atoms with Gasteiger partial charge in [-0.05, 0) is 54.9 Å². The molecule has 2 aromatic rings. The van der Waals surface area contributed by atoms with E-state index in [4.69, 9.17) is 4.74 Å². The van der Waals surface area contributed by atoms with Crippen LogP contribution in [0.2, 0.25) is 0 Å². The molecule has 0 saturated carbocycles. The zero-order valence-corrected chi connectivity index (χ0v) is 13.4. The summed E-state index contributed by atoms with van der Waals surface area (Å²) >= 11 is 3.42. The number of nitrogens with one attached hydrogen (secondary N) is 1. The van der Waals surface area contributed by atoms with E-state index in [0.717, 1.165) is 21.9 Å². The third-order valence-corrected chi connectivity index (χ3v) is 3.80. The van der Waals surface area contributed by atoms with Crippen molar-refractivity contribution in [3.63, 3.8) is 0 Å². The van der Waals surface area contributed by atoms with Gasteiger partial charge in [0, 0.05) is 16.6 Å². The lowest BCUT2D eigenvalue weighted by atomic mass is 9.98. The van der Waals surface area contributed by atoms with E-state index in [0.29, 0.717) is 12.0 Å². The average molecular weight is 356 g/mol. The molecule has 0 aliphatic rings. The summed E-state index contributed by atoms with van der Waals surface area (Å²) in [7, 11) is 3.36. The van der Waals surface area contributed by atoms with Crippen LogP contribution in [0.15, 0.2) is 40.9 Å². The van der Waals surface area contributed by atoms with Crippen LogP contribution in [-0.2, 0) is 6.42 Å². The van der Waals surface area contributed by atoms with Crippen LogP contribution in [-0.4, -0.2) is 14.2 Å². The van der Waals surface area contributed by atoms with Crippen LogP contribution in [0.4, 0.5) is 8.78 Å². The molecule has 5 heteroatoms. The highest BCUT2D eigenvalue weighted by Crippen LogP contribution is 2.28. The molecular formula is C16H16BrF2NO. The Balaban J connectivity index is 2.32. The van der Waals surface area contributed by atoms with Crippen molar-refractivity contribution in [3.8, 4) is 5.75 Å². The van der Waals surface area contributed by atoms with Crippen molar-refractivity contribution in [2.75, 3.05) is 14.2 Å². The Kier molecular flexibility index (Phi) is 5.31. The van der Waals surface area contributed by atoms with Crippen LogP contribution in [0.1, 0.15) is 17.2 Å². The van der Waals surface area contributed by atoms with E-state index >= 15 is 0 Å². The van der Waals surface area contributed by atoms with Crippen molar-refractivity contribution in [2.45, 2.75) is 12.5 Å². The molecule has 0 aromatic heterocycles. The van der Waals surface area contributed by atoms with Gasteiger partial charge in [-0.3, -0.25) is 0 Å². The summed E-state index contributed by atoms with van der Waals surface area (Å²) in [6.45, 7) is 0. The Morgan fingerprint density at radius 1 is 1.14 bits per heavy atom. The highest BCUT2D eigenvalue weighted by atomic mass is 79.9. The molecule has 1 atom stereocenters. The van der Waals surface area contributed by atoms with E-state index < -0.39 is 11.6 Å². The van der Waals surface area contributed by atoms with Gasteiger partial charge in [-0.2, -0.15) is 0 Å². The summed E-state index contributed by atoms with van der Waals surface area (Å²) in [6.07, 6.45) is 0.558. The lowest BCUT2D eigenvalue weighted by molar-refractivity contribution is 0.406. The van der Waals surface area contributed by atoms with Crippen LogP contribution >= 0.6 is 15.9 Å². The molecule has 1 unspecified atom stereocenters. The molecule has 2 aromatic carbocycles. The fourth-order valence-corrected chi connectivity index (χ4v) is 2.70. The average Bonchev–Trinajstić information content (AvgIpc) is 2.43. The quantitative estimate of drug-likeness (QED) is 0.865. The molecule has 2 nitrogen and oxygen atoms in total. The first kappa shape index (κ1) is 15.9. The first-order valence-corrected chi connectivity index (χ1v) is 7.28. The second kappa shape index (κ2) is 7.00. The van der Waals surface area contributed by atoms with Gasteiger partial charge in [-0.1, -0.05) is 15.9 Å². The maximum Gasteiger partial charge on any atom is 0.126 e. The van der Waals surface area contributed by atoms with Gasteiger partial charge in [0.1, 0.15) is 17.4 Å². The highest BCUT2D eigenvalue weighted by Gasteiger charge is 2.15. The minimum absolute atomic E-state index is 0.210. The van der Waals surface area contributed by atoms with Crippen molar-refractivity contribution in [1.29, 1.82) is 0 Å². The third kappa shape index (κ3) is 4.02. The van der Waals surface area contributed by atoms with Crippen LogP contribution in [0.3, 0.4) is 0 Å². The highest BCUT2D eigenvalue weighted by molar-refractivity contribution is 9.10. The van der Waals surface area contributed by atoms with Crippen LogP contribution < -0.4 is 10.1 Å². The predicted molar refractivity (Wildman–Crippen MR) is 82.6 cm³/mol. The minimum Gasteiger partial charge on any atom is -0.496 e. The number of likely N-dealkylation sites (N-methyl/N-ethyl adjacent to an activating group) is 1. The Bertz CT molecular complexity index is 613. The van der Waals surface area contributed by atoms with E-state index in [1.807, 2.05) is 18.2 Å². The SMILES string of the molecule is CNC(Cc1cc(Br)ccc1OC)c1cc(F)cc(F)c1. The maximum absolute atomic E-state index is 13.4. The largest absolute Gasteiger partial charge is 0.496 e. The lowest BCUT2D eigenvalue weighted by Gasteiger charge is -2.19. The van der Waals surface area contributed by atoms with Crippen molar-refractivity contribution < 1.29 is 13.5 Å². The molecule has 0 radical (unpaired) electrons. The van der Waals surface area contributed by atoms with E-state index in [1.165, 1.54) is 12.1 Å². The van der Waals surface area contributed by atoms with Gasteiger partial charge in [0.2, 0.25) is 0 Å². The molecule has 0 aliphatic carbocycles. The Morgan fingerprint density at radius 3 is 2.38 bits per heavy atom. The minimum atomic E-state index is -0.577. The van der Waals surface area contributed by atoms with Gasteiger partial charge in [-0.15, -0.1) is 0 Å². The number of benzene rings is 2. The molecular weight excluding hydrogens is 340 g/mol. The van der Waals surface area contributed by atoms with Crippen molar-refractivity contribution in [3.05, 3.63) is 63.6 Å². The van der Waals surface area contributed by atoms with Crippen LogP contribution in [0, 0.1) is 11.6 Å². The van der Waals surface area contributed by atoms with Gasteiger partial charge < -0.3 is 10.1 Å². The van der Waals surface area contributed by atoms with Gasteiger partial charge in [-0.25, -0.2) is 8.78 Å². The Hall–Kier alpha value is -1.46. The number of hydrogen-bond donors (Lipinski definition) is 1. The smallest absolute Gasteiger partial charge is 0.126 e. The standard InChI is InChI=1S/C16H16BrF2NO/c1-20-15(10-6-13(18)9-14(19)7-10)8-11-5-12(17)3-4-16(11)21-2/h3-7,9,15,20H,8H2,1-2H3. The second-order valence-electron chi connectivity index (χ2n) is 4.70. The monoisotopic (exact) mass is 355 g/mol. The normalized spacial score (nSPS) is 12.2. The summed E-state index contributed by atoms with van der Waals surface area (Å²) in [5.41, 5.74) is 1.52. The summed E-state index contributed by atoms with van der Waals surface area (Å²) in [5.74, 6) is -0.409. The molecule has 0 aliphatic heterocycles. The lowest BCUT2D eigenvalue weighted by Crippen LogP contribution is -2.19. The molecule has 0 bridgehead atoms. The molecule has 1 N–H and O–H groups in total. The van der Waals surface area contributed by atoms with Crippen LogP contribution in [0.5, 0.6) is 5.75 Å². The zero-order valence-electron chi connectivity index (χ0n) is 11.8. The Labute approximate surface area is 131 Å². The number of ether oxygens (including phenoxy) is 1. The zero-order chi connectivity index (χ0) is 15.4. The van der Waals surface area contributed by atoms with E-state index in [2.05, 4.69) is 21.2 Å². The van der Waals surface area contributed by atoms with E-state index in [1.54, 1.807) is 14.2 Å². The molecule has 0 saturated heterocycles. The van der Waals surface area contributed by atoms with E-state index in [-0.39, 0.29) is 6.04 Å². The van der Waals surface area contributed by atoms with Crippen molar-refractivity contribution in [1.82, 2.24) is 5.32 Å². The molecule has 2 rings (SSSR count). The molecule has 0 spiro atoms. The van der Waals surface area contributed by atoms with Gasteiger partial charge in [0.05, 0.1) is 7.11 Å². The second-order valence-corrected chi connectivity index (χ2v) is 5.62. The molecule has 0 heterocycles. The molecule has 0 fully saturated rings. The fraction of sp³-hybridized carbons (Fsp3) is 0.250. The predicted octanol–water partition coefficient (Wildman–Crippen LogP) is 4.24. The first-order valence-electron chi connectivity index (χ1n) is 6.49. The van der Waals surface area contributed by atoms with Gasteiger partial charge in [0.15, 0.2) is 0 Å². The van der Waals surface area contributed by atoms with Crippen molar-refractivity contribution in [2.24, 2.45) is 0 Å². The number of rotatable bonds is 5. The van der Waals surface area contributed by atoms with E-state index in [9.17, 15) is 8.78 Å².